The van der Waals surface area contributed by atoms with Gasteiger partial charge in [-0.3, -0.25) is 0 Å². The summed E-state index contributed by atoms with van der Waals surface area (Å²) in [6.45, 7) is 1.98. The van der Waals surface area contributed by atoms with E-state index in [9.17, 15) is 8.78 Å². The molecule has 0 N–H and O–H groups in total. The van der Waals surface area contributed by atoms with Gasteiger partial charge in [-0.05, 0) is 77.3 Å². The smallest absolute Gasteiger partial charge is 0.129 e. The van der Waals surface area contributed by atoms with Crippen LogP contribution < -0.4 is 0 Å². The SMILES string of the molecule is CC(Cc1c(F)cc(-c2ccc(CCc3ccc(C#N)cc3)cc2)cc1F)c1ccccc1. The molecule has 0 saturated carbocycles. The van der Waals surface area contributed by atoms with Crippen LogP contribution in [0.2, 0.25) is 0 Å². The minimum Gasteiger partial charge on any atom is -0.207 e. The monoisotopic (exact) mass is 437 g/mol. The van der Waals surface area contributed by atoms with E-state index in [-0.39, 0.29) is 11.5 Å². The standard InChI is InChI=1S/C30H25F2N/c1-21(25-5-3-2-4-6-25)17-28-29(31)18-27(19-30(28)32)26-15-13-23(14-16-26)8-7-22-9-11-24(20-33)12-10-22/h2-6,9-16,18-19,21H,7-8,17H2,1H3. The van der Waals surface area contributed by atoms with Crippen molar-refractivity contribution in [2.45, 2.75) is 32.1 Å². The third kappa shape index (κ3) is 5.54. The third-order valence-corrected chi connectivity index (χ3v) is 6.09. The highest BCUT2D eigenvalue weighted by Gasteiger charge is 2.16. The third-order valence-electron chi connectivity index (χ3n) is 6.09. The van der Waals surface area contributed by atoms with Crippen LogP contribution in [0, 0.1) is 23.0 Å². The van der Waals surface area contributed by atoms with Crippen LogP contribution in [0.4, 0.5) is 8.78 Å². The van der Waals surface area contributed by atoms with Crippen LogP contribution in [0.5, 0.6) is 0 Å². The minimum atomic E-state index is -0.502. The summed E-state index contributed by atoms with van der Waals surface area (Å²) >= 11 is 0. The second-order valence-electron chi connectivity index (χ2n) is 8.44. The Morgan fingerprint density at radius 2 is 1.27 bits per heavy atom. The number of aryl methyl sites for hydroxylation is 2. The summed E-state index contributed by atoms with van der Waals surface area (Å²) < 4.78 is 29.7. The lowest BCUT2D eigenvalue weighted by Gasteiger charge is -2.14. The summed E-state index contributed by atoms with van der Waals surface area (Å²) in [5, 5.41) is 8.89. The second kappa shape index (κ2) is 10.2. The lowest BCUT2D eigenvalue weighted by Crippen LogP contribution is -2.04. The number of hydrogen-bond acceptors (Lipinski definition) is 1. The zero-order chi connectivity index (χ0) is 23.2. The topological polar surface area (TPSA) is 23.8 Å². The predicted molar refractivity (Wildman–Crippen MR) is 129 cm³/mol. The Bertz CT molecular complexity index is 1230. The van der Waals surface area contributed by atoms with Gasteiger partial charge in [0.1, 0.15) is 11.6 Å². The van der Waals surface area contributed by atoms with Crippen molar-refractivity contribution in [1.29, 1.82) is 5.26 Å². The Balaban J connectivity index is 1.44. The summed E-state index contributed by atoms with van der Waals surface area (Å²) in [6.07, 6.45) is 2.03. The molecule has 0 saturated heterocycles. The molecule has 0 bridgehead atoms. The molecule has 0 aliphatic carbocycles. The van der Waals surface area contributed by atoms with E-state index in [4.69, 9.17) is 5.26 Å². The van der Waals surface area contributed by atoms with Gasteiger partial charge in [0.15, 0.2) is 0 Å². The molecule has 0 heterocycles. The van der Waals surface area contributed by atoms with Crippen molar-refractivity contribution in [2.75, 3.05) is 0 Å². The van der Waals surface area contributed by atoms with Gasteiger partial charge in [0.05, 0.1) is 11.6 Å². The van der Waals surface area contributed by atoms with Gasteiger partial charge in [-0.1, -0.05) is 73.7 Å². The molecule has 1 unspecified atom stereocenters. The molecule has 3 heteroatoms. The average Bonchev–Trinajstić information content (AvgIpc) is 2.86. The average molecular weight is 438 g/mol. The summed E-state index contributed by atoms with van der Waals surface area (Å²) in [4.78, 5) is 0. The first-order chi connectivity index (χ1) is 16.0. The number of hydrogen-bond donors (Lipinski definition) is 0. The molecule has 1 atom stereocenters. The highest BCUT2D eigenvalue weighted by molar-refractivity contribution is 5.64. The van der Waals surface area contributed by atoms with Crippen molar-refractivity contribution in [3.63, 3.8) is 0 Å². The summed E-state index contributed by atoms with van der Waals surface area (Å²) in [5.74, 6) is -0.980. The van der Waals surface area contributed by atoms with Gasteiger partial charge in [0.25, 0.3) is 0 Å². The first-order valence-corrected chi connectivity index (χ1v) is 11.1. The van der Waals surface area contributed by atoms with Crippen molar-refractivity contribution in [3.8, 4) is 17.2 Å². The molecule has 4 aromatic rings. The van der Waals surface area contributed by atoms with Gasteiger partial charge in [-0.25, -0.2) is 8.78 Å². The van der Waals surface area contributed by atoms with Crippen molar-refractivity contribution < 1.29 is 8.78 Å². The minimum absolute atomic E-state index is 0.0245. The Labute approximate surface area is 194 Å². The van der Waals surface area contributed by atoms with E-state index < -0.39 is 11.6 Å². The Kier molecular flexibility index (Phi) is 6.95. The highest BCUT2D eigenvalue weighted by atomic mass is 19.1. The largest absolute Gasteiger partial charge is 0.207 e. The highest BCUT2D eigenvalue weighted by Crippen LogP contribution is 2.29. The van der Waals surface area contributed by atoms with Crippen LogP contribution in [0.3, 0.4) is 0 Å². The fraction of sp³-hybridized carbons (Fsp3) is 0.167. The van der Waals surface area contributed by atoms with Gasteiger partial charge >= 0.3 is 0 Å². The van der Waals surface area contributed by atoms with Crippen LogP contribution in [0.25, 0.3) is 11.1 Å². The molecule has 0 aliphatic rings. The molecule has 4 rings (SSSR count). The predicted octanol–water partition coefficient (Wildman–Crippen LogP) is 7.63. The number of benzene rings is 4. The molecule has 0 aromatic heterocycles. The number of halogens is 2. The number of nitriles is 1. The second-order valence-corrected chi connectivity index (χ2v) is 8.44. The van der Waals surface area contributed by atoms with Crippen LogP contribution in [-0.2, 0) is 19.3 Å². The normalized spacial score (nSPS) is 11.7. The van der Waals surface area contributed by atoms with E-state index >= 15 is 0 Å². The fourth-order valence-electron chi connectivity index (χ4n) is 4.07. The molecule has 0 aliphatic heterocycles. The van der Waals surface area contributed by atoms with Crippen LogP contribution in [0.1, 0.15) is 40.7 Å². The van der Waals surface area contributed by atoms with E-state index in [1.807, 2.05) is 85.8 Å². The van der Waals surface area contributed by atoms with E-state index in [0.717, 1.165) is 29.5 Å². The number of nitrogens with zero attached hydrogens (tertiary/aromatic N) is 1. The Morgan fingerprint density at radius 1 is 0.727 bits per heavy atom. The molecule has 0 radical (unpaired) electrons. The number of rotatable bonds is 7. The van der Waals surface area contributed by atoms with E-state index in [0.29, 0.717) is 17.5 Å². The van der Waals surface area contributed by atoms with Gasteiger partial charge in [-0.15, -0.1) is 0 Å². The summed E-state index contributed by atoms with van der Waals surface area (Å²) in [7, 11) is 0. The summed E-state index contributed by atoms with van der Waals surface area (Å²) in [6, 6.07) is 30.2. The van der Waals surface area contributed by atoms with Gasteiger partial charge < -0.3 is 0 Å². The summed E-state index contributed by atoms with van der Waals surface area (Å²) in [5.41, 5.74) is 5.51. The molecular formula is C30H25F2N. The Hall–Kier alpha value is -3.77. The van der Waals surface area contributed by atoms with Gasteiger partial charge in [0, 0.05) is 5.56 Å². The van der Waals surface area contributed by atoms with Crippen LogP contribution in [0.15, 0.2) is 91.0 Å². The zero-order valence-corrected chi connectivity index (χ0v) is 18.6. The van der Waals surface area contributed by atoms with Crippen molar-refractivity contribution in [1.82, 2.24) is 0 Å². The quantitative estimate of drug-likeness (QED) is 0.291. The zero-order valence-electron chi connectivity index (χ0n) is 18.6. The van der Waals surface area contributed by atoms with E-state index in [1.165, 1.54) is 17.7 Å². The molecular weight excluding hydrogens is 412 g/mol. The first kappa shape index (κ1) is 22.4. The lowest BCUT2D eigenvalue weighted by molar-refractivity contribution is 0.544. The first-order valence-electron chi connectivity index (χ1n) is 11.1. The molecule has 164 valence electrons. The molecule has 1 nitrogen and oxygen atoms in total. The fourth-order valence-corrected chi connectivity index (χ4v) is 4.07. The molecule has 33 heavy (non-hydrogen) atoms. The van der Waals surface area contributed by atoms with Crippen molar-refractivity contribution in [2.24, 2.45) is 0 Å². The van der Waals surface area contributed by atoms with Crippen molar-refractivity contribution >= 4 is 0 Å². The van der Waals surface area contributed by atoms with E-state index in [1.54, 1.807) is 0 Å². The van der Waals surface area contributed by atoms with E-state index in [2.05, 4.69) is 6.07 Å². The van der Waals surface area contributed by atoms with Crippen LogP contribution >= 0.6 is 0 Å². The maximum absolute atomic E-state index is 14.9. The van der Waals surface area contributed by atoms with Gasteiger partial charge in [-0.2, -0.15) is 5.26 Å². The van der Waals surface area contributed by atoms with Crippen LogP contribution in [-0.4, -0.2) is 0 Å². The molecule has 0 amide bonds. The maximum Gasteiger partial charge on any atom is 0.129 e. The lowest BCUT2D eigenvalue weighted by atomic mass is 9.92. The molecule has 4 aromatic carbocycles. The maximum atomic E-state index is 14.9. The molecule has 0 spiro atoms. The van der Waals surface area contributed by atoms with Crippen molar-refractivity contribution in [3.05, 3.63) is 130 Å². The van der Waals surface area contributed by atoms with Gasteiger partial charge in [0.2, 0.25) is 0 Å². The molecule has 0 fully saturated rings. The Morgan fingerprint density at radius 3 is 1.82 bits per heavy atom.